The van der Waals surface area contributed by atoms with Crippen LogP contribution in [0.3, 0.4) is 0 Å². The third-order valence-corrected chi connectivity index (χ3v) is 8.37. The van der Waals surface area contributed by atoms with E-state index in [1.807, 2.05) is 13.0 Å². The molecule has 3 N–H and O–H groups in total. The fourth-order valence-electron chi connectivity index (χ4n) is 4.31. The van der Waals surface area contributed by atoms with E-state index in [9.17, 15) is 9.67 Å². The number of fused-ring (bicyclic) bond motifs is 1. The summed E-state index contributed by atoms with van der Waals surface area (Å²) in [6.45, 7) is 3.65. The van der Waals surface area contributed by atoms with E-state index in [0.717, 1.165) is 10.0 Å². The molecule has 3 aromatic heterocycles. The molecule has 0 saturated carbocycles. The number of phosphoric acid groups is 1. The zero-order valence-electron chi connectivity index (χ0n) is 18.6. The minimum atomic E-state index is -3.85. The van der Waals surface area contributed by atoms with E-state index in [1.165, 1.54) is 6.33 Å². The molecule has 13 heteroatoms. The Morgan fingerprint density at radius 1 is 1.41 bits per heavy atom. The molecular formula is C21H25BrN5O6P. The molecule has 0 radical (unpaired) electrons. The topological polar surface area (TPSA) is 144 Å². The molecule has 2 fully saturated rings. The van der Waals surface area contributed by atoms with Gasteiger partial charge in [0.1, 0.15) is 23.4 Å². The summed E-state index contributed by atoms with van der Waals surface area (Å²) in [5.41, 5.74) is 5.99. The Labute approximate surface area is 204 Å². The second-order valence-electron chi connectivity index (χ2n) is 8.66. The van der Waals surface area contributed by atoms with Gasteiger partial charge in [0, 0.05) is 41.0 Å². The van der Waals surface area contributed by atoms with Crippen LogP contribution in [-0.4, -0.2) is 49.5 Å². The molecule has 11 nitrogen and oxygen atoms in total. The summed E-state index contributed by atoms with van der Waals surface area (Å²) in [4.78, 5) is 12.4. The third kappa shape index (κ3) is 4.28. The fourth-order valence-corrected chi connectivity index (χ4v) is 6.08. The van der Waals surface area contributed by atoms with Crippen LogP contribution >= 0.6 is 23.8 Å². The number of anilines is 1. The number of aliphatic hydroxyl groups is 1. The van der Waals surface area contributed by atoms with Crippen molar-refractivity contribution < 1.29 is 28.0 Å². The molecule has 0 spiro atoms. The van der Waals surface area contributed by atoms with Gasteiger partial charge in [-0.1, -0.05) is 6.92 Å². The van der Waals surface area contributed by atoms with Crippen LogP contribution in [0.4, 0.5) is 5.82 Å². The summed E-state index contributed by atoms with van der Waals surface area (Å²) in [6, 6.07) is 3.63. The van der Waals surface area contributed by atoms with E-state index in [1.54, 1.807) is 36.1 Å². The monoisotopic (exact) mass is 553 g/mol. The summed E-state index contributed by atoms with van der Waals surface area (Å²) in [7, 11) is -3.85. The average Bonchev–Trinajstić information content (AvgIpc) is 3.32. The standard InChI is InChI=1S/C21H25BrN5O6P/c1-12-17(10-31-34(29)30-6-4-16(33-34)13-7-14(22)9-24-8-13)32-20(21(12,2)28)27-5-3-15-18(23)25-11-26-19(15)27/h3,5,7-9,11-12,16-17,20,28H,4,6,10H2,1-2H3,(H2,23,25,26)/t12-,16+,17-,20-,21-,34?/m1/s1. The largest absolute Gasteiger partial charge is 0.475 e. The maximum absolute atomic E-state index is 13.2. The molecule has 5 heterocycles. The van der Waals surface area contributed by atoms with Crippen molar-refractivity contribution in [3.63, 3.8) is 0 Å². The minimum Gasteiger partial charge on any atom is -0.385 e. The predicted octanol–water partition coefficient (Wildman–Crippen LogP) is 3.76. The van der Waals surface area contributed by atoms with Gasteiger partial charge in [-0.05, 0) is 35.0 Å². The van der Waals surface area contributed by atoms with Gasteiger partial charge in [0.15, 0.2) is 6.23 Å². The van der Waals surface area contributed by atoms with Gasteiger partial charge in [-0.2, -0.15) is 0 Å². The zero-order chi connectivity index (χ0) is 24.1. The van der Waals surface area contributed by atoms with E-state index in [0.29, 0.717) is 23.3 Å². The molecule has 2 saturated heterocycles. The van der Waals surface area contributed by atoms with Gasteiger partial charge >= 0.3 is 7.82 Å². The summed E-state index contributed by atoms with van der Waals surface area (Å²) in [6.07, 6.45) is 5.13. The van der Waals surface area contributed by atoms with Crippen molar-refractivity contribution in [2.75, 3.05) is 18.9 Å². The Hall–Kier alpha value is -1.92. The van der Waals surface area contributed by atoms with Crippen LogP contribution in [0, 0.1) is 5.92 Å². The first-order valence-corrected chi connectivity index (χ1v) is 13.1. The summed E-state index contributed by atoms with van der Waals surface area (Å²) < 4.78 is 38.7. The van der Waals surface area contributed by atoms with Crippen LogP contribution in [0.25, 0.3) is 11.0 Å². The summed E-state index contributed by atoms with van der Waals surface area (Å²) in [5, 5.41) is 12.0. The third-order valence-electron chi connectivity index (χ3n) is 6.46. The van der Waals surface area contributed by atoms with Crippen molar-refractivity contribution >= 4 is 40.6 Å². The average molecular weight is 554 g/mol. The van der Waals surface area contributed by atoms with Crippen LogP contribution in [0.5, 0.6) is 0 Å². The van der Waals surface area contributed by atoms with E-state index in [4.69, 9.17) is 24.0 Å². The Balaban J connectivity index is 1.31. The SMILES string of the molecule is C[C@@H]1[C@@H](COP2(=O)OCC[C@@H](c3cncc(Br)c3)O2)O[C@@H](n2ccc3c(N)ncnc32)[C@]1(C)O. The summed E-state index contributed by atoms with van der Waals surface area (Å²) in [5.74, 6) is -0.0233. The zero-order valence-corrected chi connectivity index (χ0v) is 21.1. The van der Waals surface area contributed by atoms with Gasteiger partial charge in [0.25, 0.3) is 0 Å². The summed E-state index contributed by atoms with van der Waals surface area (Å²) >= 11 is 3.38. The lowest BCUT2D eigenvalue weighted by molar-refractivity contribution is -0.0884. The van der Waals surface area contributed by atoms with E-state index in [-0.39, 0.29) is 19.1 Å². The quantitative estimate of drug-likeness (QED) is 0.448. The highest BCUT2D eigenvalue weighted by Gasteiger charge is 2.52. The van der Waals surface area contributed by atoms with Gasteiger partial charge in [-0.25, -0.2) is 14.5 Å². The molecule has 5 rings (SSSR count). The van der Waals surface area contributed by atoms with Gasteiger partial charge in [0.05, 0.1) is 30.8 Å². The molecule has 0 aromatic carbocycles. The lowest BCUT2D eigenvalue weighted by Gasteiger charge is -2.30. The number of nitrogens with zero attached hydrogens (tertiary/aromatic N) is 4. The van der Waals surface area contributed by atoms with Crippen molar-refractivity contribution in [1.29, 1.82) is 0 Å². The van der Waals surface area contributed by atoms with Crippen LogP contribution in [0.15, 0.2) is 41.5 Å². The number of aromatic nitrogens is 4. The van der Waals surface area contributed by atoms with E-state index >= 15 is 0 Å². The van der Waals surface area contributed by atoms with Crippen molar-refractivity contribution in [2.24, 2.45) is 5.92 Å². The Bertz CT molecular complexity index is 1260. The first-order chi connectivity index (χ1) is 16.2. The molecule has 0 amide bonds. The van der Waals surface area contributed by atoms with Crippen molar-refractivity contribution in [2.45, 2.75) is 44.3 Å². The Kier molecular flexibility index (Phi) is 6.26. The number of halogens is 1. The molecule has 2 aliphatic heterocycles. The highest BCUT2D eigenvalue weighted by Crippen LogP contribution is 2.57. The maximum Gasteiger partial charge on any atom is 0.475 e. The van der Waals surface area contributed by atoms with Crippen LogP contribution in [0.1, 0.15) is 38.2 Å². The van der Waals surface area contributed by atoms with Gasteiger partial charge in [0.2, 0.25) is 0 Å². The predicted molar refractivity (Wildman–Crippen MR) is 126 cm³/mol. The molecular weight excluding hydrogens is 529 g/mol. The first-order valence-electron chi connectivity index (χ1n) is 10.8. The van der Waals surface area contributed by atoms with E-state index in [2.05, 4.69) is 30.9 Å². The number of nitrogen functional groups attached to an aromatic ring is 1. The number of rotatable bonds is 5. The number of ether oxygens (including phenoxy) is 1. The first kappa shape index (κ1) is 23.8. The second-order valence-corrected chi connectivity index (χ2v) is 11.2. The fraction of sp³-hybridized carbons (Fsp3) is 0.476. The van der Waals surface area contributed by atoms with Crippen LogP contribution in [-0.2, 0) is 22.9 Å². The van der Waals surface area contributed by atoms with Crippen molar-refractivity contribution in [1.82, 2.24) is 19.5 Å². The number of hydrogen-bond donors (Lipinski definition) is 2. The lowest BCUT2D eigenvalue weighted by Crippen LogP contribution is -2.38. The normalized spacial score (nSPS) is 34.0. The number of pyridine rings is 1. The molecule has 0 bridgehead atoms. The molecule has 34 heavy (non-hydrogen) atoms. The van der Waals surface area contributed by atoms with Gasteiger partial charge in [-0.3, -0.25) is 18.6 Å². The van der Waals surface area contributed by atoms with Crippen LogP contribution in [0.2, 0.25) is 0 Å². The van der Waals surface area contributed by atoms with E-state index < -0.39 is 31.9 Å². The van der Waals surface area contributed by atoms with Gasteiger partial charge < -0.3 is 20.1 Å². The molecule has 0 aliphatic carbocycles. The maximum atomic E-state index is 13.2. The highest BCUT2D eigenvalue weighted by atomic mass is 79.9. The van der Waals surface area contributed by atoms with Crippen molar-refractivity contribution in [3.05, 3.63) is 47.1 Å². The smallest absolute Gasteiger partial charge is 0.385 e. The number of phosphoric ester groups is 1. The van der Waals surface area contributed by atoms with Crippen LogP contribution < -0.4 is 5.73 Å². The highest BCUT2D eigenvalue weighted by molar-refractivity contribution is 9.10. The Morgan fingerprint density at radius 3 is 3.03 bits per heavy atom. The lowest BCUT2D eigenvalue weighted by atomic mass is 9.88. The molecule has 3 aromatic rings. The molecule has 6 atom stereocenters. The van der Waals surface area contributed by atoms with Gasteiger partial charge in [-0.15, -0.1) is 0 Å². The molecule has 2 aliphatic rings. The molecule has 1 unspecified atom stereocenters. The second kappa shape index (κ2) is 8.94. The number of nitrogens with two attached hydrogens (primary N) is 1. The molecule has 182 valence electrons. The number of hydrogen-bond acceptors (Lipinski definition) is 10. The van der Waals surface area contributed by atoms with Crippen molar-refractivity contribution in [3.8, 4) is 0 Å². The Morgan fingerprint density at radius 2 is 2.24 bits per heavy atom. The minimum absolute atomic E-state index is 0.0924.